The van der Waals surface area contributed by atoms with Crippen LogP contribution in [-0.4, -0.2) is 13.0 Å². The van der Waals surface area contributed by atoms with E-state index in [0.29, 0.717) is 12.1 Å². The molecule has 116 valence electrons. The number of benzene rings is 2. The van der Waals surface area contributed by atoms with E-state index in [2.05, 4.69) is 0 Å². The SMILES string of the molecule is COc1ccc(N(Cc2cccs2)C(=O)c2ccccc2)cc1. The lowest BCUT2D eigenvalue weighted by molar-refractivity contribution is 0.0985. The number of ether oxygens (including phenoxy) is 1. The van der Waals surface area contributed by atoms with Crippen molar-refractivity contribution in [3.8, 4) is 5.75 Å². The number of amides is 1. The van der Waals surface area contributed by atoms with E-state index in [0.717, 1.165) is 16.3 Å². The number of anilines is 1. The zero-order valence-corrected chi connectivity index (χ0v) is 13.6. The van der Waals surface area contributed by atoms with Crippen molar-refractivity contribution < 1.29 is 9.53 Å². The summed E-state index contributed by atoms with van der Waals surface area (Å²) in [6, 6.07) is 21.0. The van der Waals surface area contributed by atoms with E-state index in [-0.39, 0.29) is 5.91 Å². The fraction of sp³-hybridized carbons (Fsp3) is 0.105. The van der Waals surface area contributed by atoms with Crippen LogP contribution in [0.1, 0.15) is 15.2 Å². The number of carbonyl (C=O) groups is 1. The van der Waals surface area contributed by atoms with Gasteiger partial charge in [0.05, 0.1) is 13.7 Å². The summed E-state index contributed by atoms with van der Waals surface area (Å²) in [6.45, 7) is 0.553. The molecular weight excluding hydrogens is 306 g/mol. The zero-order chi connectivity index (χ0) is 16.1. The van der Waals surface area contributed by atoms with E-state index in [1.54, 1.807) is 23.3 Å². The lowest BCUT2D eigenvalue weighted by atomic mass is 10.1. The van der Waals surface area contributed by atoms with Gasteiger partial charge in [-0.1, -0.05) is 24.3 Å². The standard InChI is InChI=1S/C19H17NO2S/c1-22-17-11-9-16(10-12-17)20(14-18-8-5-13-23-18)19(21)15-6-3-2-4-7-15/h2-13H,14H2,1H3. The Hall–Kier alpha value is -2.59. The molecule has 0 aliphatic heterocycles. The second-order valence-electron chi connectivity index (χ2n) is 5.03. The molecule has 0 aliphatic rings. The van der Waals surface area contributed by atoms with Crippen molar-refractivity contribution in [3.63, 3.8) is 0 Å². The lowest BCUT2D eigenvalue weighted by Crippen LogP contribution is -2.30. The van der Waals surface area contributed by atoms with E-state index in [1.807, 2.05) is 72.1 Å². The Morgan fingerprint density at radius 3 is 2.35 bits per heavy atom. The molecule has 0 spiro atoms. The van der Waals surface area contributed by atoms with Crippen molar-refractivity contribution in [1.29, 1.82) is 0 Å². The summed E-state index contributed by atoms with van der Waals surface area (Å²) in [5.74, 6) is 0.765. The highest BCUT2D eigenvalue weighted by Crippen LogP contribution is 2.24. The Morgan fingerprint density at radius 1 is 1.00 bits per heavy atom. The molecule has 0 saturated heterocycles. The van der Waals surface area contributed by atoms with Gasteiger partial charge in [-0.3, -0.25) is 4.79 Å². The van der Waals surface area contributed by atoms with Gasteiger partial charge in [0.1, 0.15) is 5.75 Å². The number of thiophene rings is 1. The van der Waals surface area contributed by atoms with Crippen LogP contribution in [-0.2, 0) is 6.54 Å². The molecule has 0 unspecified atom stereocenters. The molecule has 0 bridgehead atoms. The monoisotopic (exact) mass is 323 g/mol. The third kappa shape index (κ3) is 3.60. The van der Waals surface area contributed by atoms with Gasteiger partial charge >= 0.3 is 0 Å². The van der Waals surface area contributed by atoms with E-state index >= 15 is 0 Å². The number of rotatable bonds is 5. The Labute approximate surface area is 139 Å². The molecule has 3 aromatic rings. The van der Waals surface area contributed by atoms with Crippen molar-refractivity contribution in [1.82, 2.24) is 0 Å². The van der Waals surface area contributed by atoms with E-state index in [9.17, 15) is 4.79 Å². The van der Waals surface area contributed by atoms with Crippen LogP contribution < -0.4 is 9.64 Å². The average Bonchev–Trinajstić information content (AvgIpc) is 3.13. The van der Waals surface area contributed by atoms with Gasteiger partial charge in [-0.05, 0) is 47.8 Å². The van der Waals surface area contributed by atoms with Gasteiger partial charge in [0.25, 0.3) is 5.91 Å². The normalized spacial score (nSPS) is 10.3. The van der Waals surface area contributed by atoms with Crippen molar-refractivity contribution in [2.75, 3.05) is 12.0 Å². The first-order valence-electron chi connectivity index (χ1n) is 7.31. The summed E-state index contributed by atoms with van der Waals surface area (Å²) in [5.41, 5.74) is 1.54. The predicted molar refractivity (Wildman–Crippen MR) is 94.3 cm³/mol. The first-order valence-corrected chi connectivity index (χ1v) is 8.19. The molecular formula is C19H17NO2S. The number of hydrogen-bond acceptors (Lipinski definition) is 3. The van der Waals surface area contributed by atoms with Crippen molar-refractivity contribution >= 4 is 22.9 Å². The van der Waals surface area contributed by atoms with E-state index < -0.39 is 0 Å². The van der Waals surface area contributed by atoms with Crippen LogP contribution in [0.2, 0.25) is 0 Å². The summed E-state index contributed by atoms with van der Waals surface area (Å²) in [6.07, 6.45) is 0. The maximum absolute atomic E-state index is 12.9. The second-order valence-corrected chi connectivity index (χ2v) is 6.07. The Kier molecular flexibility index (Phi) is 4.74. The number of methoxy groups -OCH3 is 1. The van der Waals surface area contributed by atoms with Crippen LogP contribution >= 0.6 is 11.3 Å². The molecule has 3 nitrogen and oxygen atoms in total. The minimum Gasteiger partial charge on any atom is -0.497 e. The Morgan fingerprint density at radius 2 is 1.74 bits per heavy atom. The van der Waals surface area contributed by atoms with Gasteiger partial charge in [0.2, 0.25) is 0 Å². The summed E-state index contributed by atoms with van der Waals surface area (Å²) in [5, 5.41) is 2.02. The van der Waals surface area contributed by atoms with Crippen LogP contribution in [0.4, 0.5) is 5.69 Å². The lowest BCUT2D eigenvalue weighted by Gasteiger charge is -2.22. The minimum atomic E-state index is -0.0100. The molecule has 0 radical (unpaired) electrons. The van der Waals surface area contributed by atoms with Crippen LogP contribution in [0, 0.1) is 0 Å². The fourth-order valence-corrected chi connectivity index (χ4v) is 3.03. The van der Waals surface area contributed by atoms with Crippen LogP contribution in [0.5, 0.6) is 5.75 Å². The van der Waals surface area contributed by atoms with Crippen LogP contribution in [0.15, 0.2) is 72.1 Å². The molecule has 1 amide bonds. The molecule has 23 heavy (non-hydrogen) atoms. The Bertz CT molecular complexity index is 752. The minimum absolute atomic E-state index is 0.0100. The molecule has 2 aromatic carbocycles. The molecule has 0 saturated carbocycles. The largest absolute Gasteiger partial charge is 0.497 e. The maximum Gasteiger partial charge on any atom is 0.258 e. The quantitative estimate of drug-likeness (QED) is 0.686. The highest BCUT2D eigenvalue weighted by atomic mass is 32.1. The van der Waals surface area contributed by atoms with Crippen molar-refractivity contribution in [2.24, 2.45) is 0 Å². The van der Waals surface area contributed by atoms with Crippen LogP contribution in [0.25, 0.3) is 0 Å². The predicted octanol–water partition coefficient (Wildman–Crippen LogP) is 4.60. The summed E-state index contributed by atoms with van der Waals surface area (Å²) < 4.78 is 5.20. The number of hydrogen-bond donors (Lipinski definition) is 0. The van der Waals surface area contributed by atoms with Gasteiger partial charge in [-0.25, -0.2) is 0 Å². The number of nitrogens with zero attached hydrogens (tertiary/aromatic N) is 1. The van der Waals surface area contributed by atoms with E-state index in [1.165, 1.54) is 0 Å². The molecule has 0 N–H and O–H groups in total. The van der Waals surface area contributed by atoms with Gasteiger partial charge < -0.3 is 9.64 Å². The fourth-order valence-electron chi connectivity index (χ4n) is 2.34. The second kappa shape index (κ2) is 7.11. The van der Waals surface area contributed by atoms with Gasteiger partial charge in [-0.2, -0.15) is 0 Å². The summed E-state index contributed by atoms with van der Waals surface area (Å²) >= 11 is 1.65. The first-order chi connectivity index (χ1) is 11.3. The van der Waals surface area contributed by atoms with Crippen molar-refractivity contribution in [2.45, 2.75) is 6.54 Å². The maximum atomic E-state index is 12.9. The van der Waals surface area contributed by atoms with Gasteiger partial charge in [0, 0.05) is 16.1 Å². The highest BCUT2D eigenvalue weighted by Gasteiger charge is 2.18. The highest BCUT2D eigenvalue weighted by molar-refractivity contribution is 7.09. The Balaban J connectivity index is 1.93. The topological polar surface area (TPSA) is 29.5 Å². The van der Waals surface area contributed by atoms with Crippen LogP contribution in [0.3, 0.4) is 0 Å². The zero-order valence-electron chi connectivity index (χ0n) is 12.8. The third-order valence-corrected chi connectivity index (χ3v) is 4.41. The smallest absolute Gasteiger partial charge is 0.258 e. The van der Waals surface area contributed by atoms with Gasteiger partial charge in [0.15, 0.2) is 0 Å². The van der Waals surface area contributed by atoms with E-state index in [4.69, 9.17) is 4.74 Å². The van der Waals surface area contributed by atoms with Crippen molar-refractivity contribution in [3.05, 3.63) is 82.6 Å². The first kappa shape index (κ1) is 15.3. The van der Waals surface area contributed by atoms with Gasteiger partial charge in [-0.15, -0.1) is 11.3 Å². The molecule has 3 rings (SSSR count). The molecule has 0 atom stereocenters. The molecule has 0 fully saturated rings. The molecule has 0 aliphatic carbocycles. The average molecular weight is 323 g/mol. The third-order valence-electron chi connectivity index (χ3n) is 3.54. The number of carbonyl (C=O) groups excluding carboxylic acids is 1. The molecule has 1 heterocycles. The summed E-state index contributed by atoms with van der Waals surface area (Å²) in [4.78, 5) is 15.9. The molecule has 1 aromatic heterocycles. The molecule has 4 heteroatoms. The summed E-state index contributed by atoms with van der Waals surface area (Å²) in [7, 11) is 1.63.